The molecule has 2 unspecified atom stereocenters. The number of hydrogen-bond acceptors (Lipinski definition) is 3. The maximum absolute atomic E-state index is 9.22. The molecule has 0 aromatic rings. The molecule has 92 valence electrons. The van der Waals surface area contributed by atoms with Crippen molar-refractivity contribution in [2.24, 2.45) is 17.1 Å². The fraction of sp³-hybridized carbons (Fsp3) is 1.00. The Bertz CT molecular complexity index is 163. The third-order valence-electron chi connectivity index (χ3n) is 2.61. The van der Waals surface area contributed by atoms with Gasteiger partial charge in [-0.05, 0) is 17.8 Å². The molecule has 0 aromatic carbocycles. The molecule has 0 aliphatic heterocycles. The number of hydrogen-bond donors (Lipinski definition) is 2. The average molecular weight is 217 g/mol. The summed E-state index contributed by atoms with van der Waals surface area (Å²) in [5, 5.41) is 9.22. The molecule has 0 rings (SSSR count). The molecular formula is C12H27NO2. The van der Waals surface area contributed by atoms with Crippen molar-refractivity contribution in [3.63, 3.8) is 0 Å². The van der Waals surface area contributed by atoms with Crippen LogP contribution in [-0.2, 0) is 4.74 Å². The Labute approximate surface area is 94.0 Å². The third-order valence-corrected chi connectivity index (χ3v) is 2.61. The van der Waals surface area contributed by atoms with Gasteiger partial charge in [0, 0.05) is 12.6 Å². The highest BCUT2D eigenvalue weighted by molar-refractivity contribution is 4.84. The van der Waals surface area contributed by atoms with Gasteiger partial charge in [-0.1, -0.05) is 34.6 Å². The monoisotopic (exact) mass is 217 g/mol. The van der Waals surface area contributed by atoms with Gasteiger partial charge in [0.1, 0.15) is 0 Å². The second kappa shape index (κ2) is 6.46. The Hall–Kier alpha value is -0.120. The Morgan fingerprint density at radius 3 is 2.13 bits per heavy atom. The zero-order valence-electron chi connectivity index (χ0n) is 10.8. The summed E-state index contributed by atoms with van der Waals surface area (Å²) in [4.78, 5) is 0. The van der Waals surface area contributed by atoms with E-state index >= 15 is 0 Å². The topological polar surface area (TPSA) is 55.5 Å². The van der Waals surface area contributed by atoms with E-state index in [9.17, 15) is 5.11 Å². The van der Waals surface area contributed by atoms with Gasteiger partial charge in [-0.25, -0.2) is 0 Å². The average Bonchev–Trinajstić information content (AvgIpc) is 2.09. The first kappa shape index (κ1) is 14.9. The number of aliphatic hydroxyl groups excluding tert-OH is 1. The Balaban J connectivity index is 4.02. The molecule has 0 spiro atoms. The second-order valence-electron chi connectivity index (χ2n) is 5.67. The van der Waals surface area contributed by atoms with Crippen LogP contribution in [0.15, 0.2) is 0 Å². The summed E-state index contributed by atoms with van der Waals surface area (Å²) in [6.07, 6.45) is 0.761. The van der Waals surface area contributed by atoms with Gasteiger partial charge in [0.05, 0.1) is 12.7 Å². The Morgan fingerprint density at radius 2 is 1.80 bits per heavy atom. The van der Waals surface area contributed by atoms with E-state index < -0.39 is 0 Å². The standard InChI is InChI=1S/C12H27NO2/c1-9(2)6-7-15-10(8-14)11(13)12(3,4)5/h9-11,14H,6-8,13H2,1-5H3. The Kier molecular flexibility index (Phi) is 6.41. The van der Waals surface area contributed by atoms with Crippen molar-refractivity contribution in [3.8, 4) is 0 Å². The summed E-state index contributed by atoms with van der Waals surface area (Å²) in [6, 6.07) is -0.130. The summed E-state index contributed by atoms with van der Waals surface area (Å²) in [5.74, 6) is 0.621. The Morgan fingerprint density at radius 1 is 1.27 bits per heavy atom. The van der Waals surface area contributed by atoms with Crippen molar-refractivity contribution >= 4 is 0 Å². The number of nitrogens with two attached hydrogens (primary N) is 1. The highest BCUT2D eigenvalue weighted by atomic mass is 16.5. The molecule has 0 amide bonds. The van der Waals surface area contributed by atoms with Gasteiger partial charge >= 0.3 is 0 Å². The van der Waals surface area contributed by atoms with Gasteiger partial charge in [-0.2, -0.15) is 0 Å². The largest absolute Gasteiger partial charge is 0.394 e. The van der Waals surface area contributed by atoms with Gasteiger partial charge in [-0.15, -0.1) is 0 Å². The zero-order chi connectivity index (χ0) is 12.1. The lowest BCUT2D eigenvalue weighted by atomic mass is 9.84. The van der Waals surface area contributed by atoms with Crippen LogP contribution >= 0.6 is 0 Å². The minimum atomic E-state index is -0.247. The first-order chi connectivity index (χ1) is 6.79. The predicted octanol–water partition coefficient (Wildman–Crippen LogP) is 1.78. The van der Waals surface area contributed by atoms with Crippen molar-refractivity contribution in [1.29, 1.82) is 0 Å². The lowest BCUT2D eigenvalue weighted by molar-refractivity contribution is -0.0276. The minimum absolute atomic E-state index is 0.00344. The third kappa shape index (κ3) is 6.13. The maximum Gasteiger partial charge on any atom is 0.0961 e. The molecule has 0 fully saturated rings. The van der Waals surface area contributed by atoms with Crippen LogP contribution in [0.25, 0.3) is 0 Å². The van der Waals surface area contributed by atoms with E-state index in [4.69, 9.17) is 10.5 Å². The molecule has 0 bridgehead atoms. The van der Waals surface area contributed by atoms with Gasteiger partial charge in [0.2, 0.25) is 0 Å². The molecule has 3 heteroatoms. The second-order valence-corrected chi connectivity index (χ2v) is 5.67. The minimum Gasteiger partial charge on any atom is -0.394 e. The zero-order valence-corrected chi connectivity index (χ0v) is 10.8. The van der Waals surface area contributed by atoms with Crippen molar-refractivity contribution in [3.05, 3.63) is 0 Å². The molecule has 0 heterocycles. The van der Waals surface area contributed by atoms with Crippen LogP contribution in [0.3, 0.4) is 0 Å². The smallest absolute Gasteiger partial charge is 0.0961 e. The van der Waals surface area contributed by atoms with Crippen LogP contribution in [-0.4, -0.2) is 30.5 Å². The SMILES string of the molecule is CC(C)CCOC(CO)C(N)C(C)(C)C. The quantitative estimate of drug-likeness (QED) is 0.713. The molecule has 3 nitrogen and oxygen atoms in total. The van der Waals surface area contributed by atoms with E-state index in [1.54, 1.807) is 0 Å². The maximum atomic E-state index is 9.22. The fourth-order valence-electron chi connectivity index (χ4n) is 1.28. The van der Waals surface area contributed by atoms with E-state index in [1.165, 1.54) is 0 Å². The van der Waals surface area contributed by atoms with Crippen LogP contribution in [0.5, 0.6) is 0 Å². The number of ether oxygens (including phenoxy) is 1. The van der Waals surface area contributed by atoms with Crippen LogP contribution in [0.1, 0.15) is 41.0 Å². The highest BCUT2D eigenvalue weighted by Gasteiger charge is 2.29. The van der Waals surface area contributed by atoms with E-state index in [-0.39, 0.29) is 24.2 Å². The summed E-state index contributed by atoms with van der Waals surface area (Å²) in [6.45, 7) is 11.2. The highest BCUT2D eigenvalue weighted by Crippen LogP contribution is 2.21. The van der Waals surface area contributed by atoms with Gasteiger partial charge < -0.3 is 15.6 Å². The molecule has 15 heavy (non-hydrogen) atoms. The summed E-state index contributed by atoms with van der Waals surface area (Å²) in [5.41, 5.74) is 6.00. The lowest BCUT2D eigenvalue weighted by Gasteiger charge is -2.33. The van der Waals surface area contributed by atoms with Gasteiger partial charge in [0.25, 0.3) is 0 Å². The molecule has 0 radical (unpaired) electrons. The molecule has 0 aliphatic rings. The van der Waals surface area contributed by atoms with Crippen molar-refractivity contribution in [1.82, 2.24) is 0 Å². The molecule has 0 saturated carbocycles. The van der Waals surface area contributed by atoms with Crippen molar-refractivity contribution in [2.45, 2.75) is 53.2 Å². The van der Waals surface area contributed by atoms with Crippen molar-refractivity contribution in [2.75, 3.05) is 13.2 Å². The van der Waals surface area contributed by atoms with E-state index in [0.717, 1.165) is 6.42 Å². The van der Waals surface area contributed by atoms with Gasteiger partial charge in [0.15, 0.2) is 0 Å². The van der Waals surface area contributed by atoms with E-state index in [0.29, 0.717) is 12.5 Å². The van der Waals surface area contributed by atoms with Crippen LogP contribution in [0.2, 0.25) is 0 Å². The summed E-state index contributed by atoms with van der Waals surface area (Å²) in [7, 11) is 0. The molecular weight excluding hydrogens is 190 g/mol. The molecule has 0 aliphatic carbocycles. The molecule has 0 saturated heterocycles. The molecule has 2 atom stereocenters. The normalized spacial score (nSPS) is 16.8. The van der Waals surface area contributed by atoms with Crippen LogP contribution in [0, 0.1) is 11.3 Å². The fourth-order valence-corrected chi connectivity index (χ4v) is 1.28. The van der Waals surface area contributed by atoms with E-state index in [1.807, 2.05) is 0 Å². The first-order valence-corrected chi connectivity index (χ1v) is 5.77. The molecule has 3 N–H and O–H groups in total. The van der Waals surface area contributed by atoms with Crippen LogP contribution < -0.4 is 5.73 Å². The number of aliphatic hydroxyl groups is 1. The van der Waals surface area contributed by atoms with E-state index in [2.05, 4.69) is 34.6 Å². The number of rotatable bonds is 6. The summed E-state index contributed by atoms with van der Waals surface area (Å²) < 4.78 is 5.62. The van der Waals surface area contributed by atoms with Crippen LogP contribution in [0.4, 0.5) is 0 Å². The van der Waals surface area contributed by atoms with Gasteiger partial charge in [-0.3, -0.25) is 0 Å². The predicted molar refractivity (Wildman–Crippen MR) is 63.7 cm³/mol. The molecule has 0 aromatic heterocycles. The summed E-state index contributed by atoms with van der Waals surface area (Å²) >= 11 is 0. The van der Waals surface area contributed by atoms with Crippen molar-refractivity contribution < 1.29 is 9.84 Å². The lowest BCUT2D eigenvalue weighted by Crippen LogP contribution is -2.48. The first-order valence-electron chi connectivity index (χ1n) is 5.77.